The van der Waals surface area contributed by atoms with Gasteiger partial charge in [0.2, 0.25) is 0 Å². The van der Waals surface area contributed by atoms with Gasteiger partial charge < -0.3 is 0 Å². The van der Waals surface area contributed by atoms with E-state index in [1.165, 1.54) is 11.1 Å². The van der Waals surface area contributed by atoms with Crippen molar-refractivity contribution in [3.8, 4) is 6.07 Å². The van der Waals surface area contributed by atoms with E-state index in [9.17, 15) is 10.1 Å². The summed E-state index contributed by atoms with van der Waals surface area (Å²) < 4.78 is 1.89. The minimum absolute atomic E-state index is 0.0859. The molecule has 128 valence electrons. The molecule has 0 spiro atoms. The Balaban J connectivity index is 1.88. The van der Waals surface area contributed by atoms with E-state index in [-0.39, 0.29) is 23.0 Å². The largest absolute Gasteiger partial charge is 0.298 e. The third kappa shape index (κ3) is 2.41. The fourth-order valence-corrected chi connectivity index (χ4v) is 5.22. The summed E-state index contributed by atoms with van der Waals surface area (Å²) in [6.07, 6.45) is 5.52. The van der Waals surface area contributed by atoms with Gasteiger partial charge in [-0.15, -0.1) is 0 Å². The van der Waals surface area contributed by atoms with Crippen molar-refractivity contribution in [1.82, 2.24) is 9.78 Å². The maximum Gasteiger partial charge on any atom is 0.153 e. The van der Waals surface area contributed by atoms with Crippen LogP contribution in [0.4, 0.5) is 0 Å². The highest BCUT2D eigenvalue weighted by Crippen LogP contribution is 2.53. The zero-order valence-electron chi connectivity index (χ0n) is 14.8. The molecule has 0 amide bonds. The molecule has 2 aliphatic rings. The molecule has 4 rings (SSSR count). The van der Waals surface area contributed by atoms with Crippen LogP contribution in [0.2, 0.25) is 0 Å². The fourth-order valence-electron chi connectivity index (χ4n) is 5.22. The summed E-state index contributed by atoms with van der Waals surface area (Å²) in [7, 11) is 1.96. The fraction of sp³-hybridized carbons (Fsp3) is 0.476. The first-order valence-electron chi connectivity index (χ1n) is 9.05. The molecule has 4 atom stereocenters. The van der Waals surface area contributed by atoms with Crippen molar-refractivity contribution in [2.24, 2.45) is 24.8 Å². The second-order valence-electron chi connectivity index (χ2n) is 7.72. The average molecular weight is 333 g/mol. The van der Waals surface area contributed by atoms with Gasteiger partial charge in [-0.05, 0) is 42.7 Å². The first-order chi connectivity index (χ1) is 12.0. The quantitative estimate of drug-likeness (QED) is 0.848. The highest BCUT2D eigenvalue weighted by molar-refractivity contribution is 5.87. The van der Waals surface area contributed by atoms with E-state index >= 15 is 0 Å². The third-order valence-electron chi connectivity index (χ3n) is 6.29. The summed E-state index contributed by atoms with van der Waals surface area (Å²) in [6, 6.07) is 12.7. The number of Topliss-reactive ketones (excluding diaryl/α,β-unsaturated/α-hetero) is 1. The second-order valence-corrected chi connectivity index (χ2v) is 7.72. The molecular weight excluding hydrogens is 310 g/mol. The van der Waals surface area contributed by atoms with Crippen molar-refractivity contribution in [2.75, 3.05) is 0 Å². The molecular formula is C21H23N3O. The van der Waals surface area contributed by atoms with Crippen molar-refractivity contribution in [2.45, 2.75) is 38.0 Å². The summed E-state index contributed by atoms with van der Waals surface area (Å²) in [5, 5.41) is 14.4. The second kappa shape index (κ2) is 5.84. The lowest BCUT2D eigenvalue weighted by atomic mass is 9.51. The zero-order chi connectivity index (χ0) is 17.6. The summed E-state index contributed by atoms with van der Waals surface area (Å²) in [5.41, 5.74) is 3.44. The van der Waals surface area contributed by atoms with Gasteiger partial charge in [0, 0.05) is 24.6 Å². The van der Waals surface area contributed by atoms with E-state index in [1.54, 1.807) is 0 Å². The van der Waals surface area contributed by atoms with E-state index in [2.05, 4.69) is 36.5 Å². The Kier molecular flexibility index (Phi) is 3.76. The number of benzene rings is 1. The van der Waals surface area contributed by atoms with Gasteiger partial charge in [0.1, 0.15) is 5.92 Å². The van der Waals surface area contributed by atoms with Crippen LogP contribution in [0.5, 0.6) is 0 Å². The van der Waals surface area contributed by atoms with Crippen LogP contribution < -0.4 is 0 Å². The normalized spacial score (nSPS) is 31.1. The number of fused-ring (bicyclic) bond motifs is 3. The Morgan fingerprint density at radius 3 is 2.84 bits per heavy atom. The van der Waals surface area contributed by atoms with E-state index in [0.29, 0.717) is 6.42 Å². The average Bonchev–Trinajstić information content (AvgIpc) is 3.01. The lowest BCUT2D eigenvalue weighted by molar-refractivity contribution is -0.132. The molecule has 0 radical (unpaired) electrons. The predicted molar refractivity (Wildman–Crippen MR) is 94.7 cm³/mol. The number of carbonyl (C=O) groups is 1. The summed E-state index contributed by atoms with van der Waals surface area (Å²) >= 11 is 0. The smallest absolute Gasteiger partial charge is 0.153 e. The summed E-state index contributed by atoms with van der Waals surface area (Å²) in [5.74, 6) is -0.233. The van der Waals surface area contributed by atoms with Crippen molar-refractivity contribution in [1.29, 1.82) is 5.26 Å². The number of carbonyl (C=O) groups excluding carboxylic acids is 1. The number of nitriles is 1. The zero-order valence-corrected chi connectivity index (χ0v) is 14.8. The van der Waals surface area contributed by atoms with E-state index < -0.39 is 5.92 Å². The number of nitrogens with zero attached hydrogens (tertiary/aromatic N) is 3. The molecule has 1 heterocycles. The van der Waals surface area contributed by atoms with Gasteiger partial charge in [0.15, 0.2) is 5.78 Å². The molecule has 4 heteroatoms. The predicted octanol–water partition coefficient (Wildman–Crippen LogP) is 3.21. The van der Waals surface area contributed by atoms with Gasteiger partial charge in [-0.2, -0.15) is 10.4 Å². The molecule has 1 aromatic carbocycles. The number of rotatable bonds is 2. The Labute approximate surface area is 148 Å². The number of hydrogen-bond donors (Lipinski definition) is 0. The van der Waals surface area contributed by atoms with Crippen LogP contribution in [-0.2, 0) is 30.1 Å². The Morgan fingerprint density at radius 2 is 2.12 bits per heavy atom. The highest BCUT2D eigenvalue weighted by atomic mass is 16.1. The number of ketones is 1. The Bertz CT molecular complexity index is 848. The van der Waals surface area contributed by atoms with Crippen LogP contribution in [0.15, 0.2) is 36.5 Å². The van der Waals surface area contributed by atoms with Gasteiger partial charge in [-0.3, -0.25) is 9.48 Å². The number of aryl methyl sites for hydroxylation is 2. The molecule has 4 nitrogen and oxygen atoms in total. The van der Waals surface area contributed by atoms with Gasteiger partial charge in [-0.1, -0.05) is 37.3 Å². The maximum atomic E-state index is 12.7. The number of hydrogen-bond acceptors (Lipinski definition) is 3. The SMILES string of the molecule is CC1C(=O)C(C#N)CC2(Cc3ccccc3)c3nn(C)cc3CCC12. The van der Waals surface area contributed by atoms with Crippen LogP contribution in [0.1, 0.15) is 36.6 Å². The van der Waals surface area contributed by atoms with E-state index in [4.69, 9.17) is 5.10 Å². The molecule has 0 N–H and O–H groups in total. The van der Waals surface area contributed by atoms with E-state index in [0.717, 1.165) is 25.0 Å². The molecule has 0 aliphatic heterocycles. The third-order valence-corrected chi connectivity index (χ3v) is 6.29. The van der Waals surface area contributed by atoms with Crippen LogP contribution in [-0.4, -0.2) is 15.6 Å². The van der Waals surface area contributed by atoms with Crippen LogP contribution in [0, 0.1) is 29.1 Å². The standard InChI is InChI=1S/C21H23N3O/c1-14-18-9-8-16-13-24(2)23-20(16)21(18,11-17(12-22)19(14)25)10-15-6-4-3-5-7-15/h3-7,13-14,17-18H,8-11H2,1-2H3. The Morgan fingerprint density at radius 1 is 1.36 bits per heavy atom. The highest BCUT2D eigenvalue weighted by Gasteiger charge is 2.55. The van der Waals surface area contributed by atoms with E-state index in [1.807, 2.05) is 24.7 Å². The molecule has 0 bridgehead atoms. The van der Waals surface area contributed by atoms with Crippen molar-refractivity contribution < 1.29 is 4.79 Å². The van der Waals surface area contributed by atoms with Crippen molar-refractivity contribution in [3.63, 3.8) is 0 Å². The van der Waals surface area contributed by atoms with Crippen LogP contribution in [0.3, 0.4) is 0 Å². The maximum absolute atomic E-state index is 12.7. The Hall–Kier alpha value is -2.41. The molecule has 2 aliphatic carbocycles. The minimum atomic E-state index is -0.525. The lowest BCUT2D eigenvalue weighted by Gasteiger charge is -2.50. The summed E-state index contributed by atoms with van der Waals surface area (Å²) in [6.45, 7) is 2.02. The molecule has 25 heavy (non-hydrogen) atoms. The molecule has 2 aromatic rings. The van der Waals surface area contributed by atoms with Gasteiger partial charge in [0.25, 0.3) is 0 Å². The molecule has 1 fully saturated rings. The lowest BCUT2D eigenvalue weighted by Crippen LogP contribution is -2.53. The monoisotopic (exact) mass is 333 g/mol. The number of aromatic nitrogens is 2. The molecule has 4 unspecified atom stereocenters. The van der Waals surface area contributed by atoms with Gasteiger partial charge in [0.05, 0.1) is 11.8 Å². The van der Waals surface area contributed by atoms with Gasteiger partial charge >= 0.3 is 0 Å². The van der Waals surface area contributed by atoms with Gasteiger partial charge in [-0.25, -0.2) is 0 Å². The topological polar surface area (TPSA) is 58.7 Å². The van der Waals surface area contributed by atoms with Crippen LogP contribution in [0.25, 0.3) is 0 Å². The van der Waals surface area contributed by atoms with Crippen molar-refractivity contribution in [3.05, 3.63) is 53.3 Å². The van der Waals surface area contributed by atoms with Crippen molar-refractivity contribution >= 4 is 5.78 Å². The minimum Gasteiger partial charge on any atom is -0.298 e. The molecule has 0 saturated heterocycles. The molecule has 1 saturated carbocycles. The summed E-state index contributed by atoms with van der Waals surface area (Å²) in [4.78, 5) is 12.7. The first kappa shape index (κ1) is 16.1. The first-order valence-corrected chi connectivity index (χ1v) is 9.05. The molecule has 1 aromatic heterocycles. The van der Waals surface area contributed by atoms with Crippen LogP contribution >= 0.6 is 0 Å².